The van der Waals surface area contributed by atoms with Gasteiger partial charge in [-0.15, -0.1) is 13.2 Å². The molecule has 1 N–H and O–H groups in total. The Bertz CT molecular complexity index is 1000. The highest BCUT2D eigenvalue weighted by molar-refractivity contribution is 7.91. The molecule has 0 aromatic heterocycles. The number of carbonyl (C=O) groups excluding carboxylic acids is 1. The summed E-state index contributed by atoms with van der Waals surface area (Å²) in [4.78, 5) is 10.9. The van der Waals surface area contributed by atoms with Gasteiger partial charge in [0.15, 0.2) is 9.84 Å². The van der Waals surface area contributed by atoms with Crippen molar-refractivity contribution in [3.63, 3.8) is 0 Å². The standard InChI is InChI=1S/C20H20F3NO7S/c21-20(22,23)31-16-5-3-14(4-6-16)30-15-7-9-17(10-8-15)32(27,28)12-18(24(26)13-25)19-2-1-11-29-19/h3-10,13,18-19,26H,1-2,11-12H2/t18?,19-/m1/s1. The molecule has 0 bridgehead atoms. The molecular formula is C20H20F3NO7S. The Morgan fingerprint density at radius 1 is 1.09 bits per heavy atom. The summed E-state index contributed by atoms with van der Waals surface area (Å²) in [5, 5.41) is 10.1. The highest BCUT2D eigenvalue weighted by atomic mass is 32.2. The van der Waals surface area contributed by atoms with E-state index in [1.807, 2.05) is 0 Å². The van der Waals surface area contributed by atoms with Crippen molar-refractivity contribution < 1.29 is 45.8 Å². The Balaban J connectivity index is 1.68. The number of ether oxygens (including phenoxy) is 3. The second-order valence-corrected chi connectivity index (χ2v) is 9.01. The van der Waals surface area contributed by atoms with Gasteiger partial charge in [-0.05, 0) is 61.4 Å². The summed E-state index contributed by atoms with van der Waals surface area (Å²) in [5.74, 6) is -0.468. The summed E-state index contributed by atoms with van der Waals surface area (Å²) in [7, 11) is -3.88. The molecule has 3 rings (SSSR count). The fourth-order valence-electron chi connectivity index (χ4n) is 3.22. The first-order valence-corrected chi connectivity index (χ1v) is 11.1. The van der Waals surface area contributed by atoms with E-state index in [1.165, 1.54) is 36.4 Å². The summed E-state index contributed by atoms with van der Waals surface area (Å²) >= 11 is 0. The zero-order chi connectivity index (χ0) is 23.4. The van der Waals surface area contributed by atoms with Crippen molar-refractivity contribution in [1.29, 1.82) is 0 Å². The van der Waals surface area contributed by atoms with Crippen molar-refractivity contribution in [3.8, 4) is 17.2 Å². The van der Waals surface area contributed by atoms with Gasteiger partial charge >= 0.3 is 6.36 Å². The lowest BCUT2D eigenvalue weighted by Crippen LogP contribution is -2.45. The van der Waals surface area contributed by atoms with Gasteiger partial charge in [-0.1, -0.05) is 0 Å². The first-order chi connectivity index (χ1) is 15.1. The normalized spacial score (nSPS) is 17.6. The average molecular weight is 475 g/mol. The lowest BCUT2D eigenvalue weighted by atomic mass is 10.1. The number of sulfone groups is 1. The van der Waals surface area contributed by atoms with Gasteiger partial charge in [0.2, 0.25) is 6.41 Å². The van der Waals surface area contributed by atoms with Crippen molar-refractivity contribution in [2.45, 2.75) is 36.2 Å². The maximum absolute atomic E-state index is 12.8. The van der Waals surface area contributed by atoms with Crippen LogP contribution in [0.1, 0.15) is 12.8 Å². The molecule has 32 heavy (non-hydrogen) atoms. The van der Waals surface area contributed by atoms with Crippen LogP contribution in [0.4, 0.5) is 13.2 Å². The van der Waals surface area contributed by atoms with Gasteiger partial charge in [0.25, 0.3) is 0 Å². The first-order valence-electron chi connectivity index (χ1n) is 9.48. The van der Waals surface area contributed by atoms with Crippen LogP contribution in [0.15, 0.2) is 53.4 Å². The largest absolute Gasteiger partial charge is 0.573 e. The number of alkyl halides is 3. The molecule has 12 heteroatoms. The fourth-order valence-corrected chi connectivity index (χ4v) is 4.78. The fraction of sp³-hybridized carbons (Fsp3) is 0.350. The van der Waals surface area contributed by atoms with Gasteiger partial charge in [-0.2, -0.15) is 0 Å². The molecule has 1 amide bonds. The molecule has 0 saturated carbocycles. The molecule has 1 aliphatic rings. The Hall–Kier alpha value is -2.83. The Morgan fingerprint density at radius 2 is 1.66 bits per heavy atom. The average Bonchev–Trinajstić information content (AvgIpc) is 3.27. The molecule has 1 unspecified atom stereocenters. The third-order valence-corrected chi connectivity index (χ3v) is 6.48. The van der Waals surface area contributed by atoms with Gasteiger partial charge in [-0.25, -0.2) is 13.5 Å². The molecule has 2 aromatic carbocycles. The van der Waals surface area contributed by atoms with Crippen LogP contribution in [0.25, 0.3) is 0 Å². The van der Waals surface area contributed by atoms with E-state index in [-0.39, 0.29) is 22.8 Å². The van der Waals surface area contributed by atoms with Crippen LogP contribution in [0.5, 0.6) is 17.2 Å². The van der Waals surface area contributed by atoms with Gasteiger partial charge < -0.3 is 14.2 Å². The van der Waals surface area contributed by atoms with E-state index in [0.29, 0.717) is 24.5 Å². The van der Waals surface area contributed by atoms with Crippen LogP contribution < -0.4 is 9.47 Å². The van der Waals surface area contributed by atoms with Crippen molar-refractivity contribution in [1.82, 2.24) is 5.06 Å². The summed E-state index contributed by atoms with van der Waals surface area (Å²) < 4.78 is 76.9. The smallest absolute Gasteiger partial charge is 0.457 e. The number of carbonyl (C=O) groups is 1. The molecule has 174 valence electrons. The Kier molecular flexibility index (Phi) is 7.26. The molecule has 1 heterocycles. The van der Waals surface area contributed by atoms with Crippen LogP contribution in [0.2, 0.25) is 0 Å². The maximum Gasteiger partial charge on any atom is 0.573 e. The van der Waals surface area contributed by atoms with Crippen molar-refractivity contribution in [2.24, 2.45) is 0 Å². The van der Waals surface area contributed by atoms with Crippen molar-refractivity contribution in [3.05, 3.63) is 48.5 Å². The predicted molar refractivity (Wildman–Crippen MR) is 104 cm³/mol. The number of hydrogen-bond acceptors (Lipinski definition) is 7. The van der Waals surface area contributed by atoms with Crippen LogP contribution in [-0.2, 0) is 19.4 Å². The molecule has 1 saturated heterocycles. The number of benzene rings is 2. The Labute approximate surface area is 182 Å². The summed E-state index contributed by atoms with van der Waals surface area (Å²) in [6, 6.07) is 9.01. The van der Waals surface area contributed by atoms with Crippen molar-refractivity contribution in [2.75, 3.05) is 12.4 Å². The number of halogens is 3. The van der Waals surface area contributed by atoms with E-state index in [2.05, 4.69) is 4.74 Å². The monoisotopic (exact) mass is 475 g/mol. The zero-order valence-electron chi connectivity index (χ0n) is 16.6. The number of hydrogen-bond donors (Lipinski definition) is 1. The van der Waals surface area contributed by atoms with Gasteiger partial charge in [0.1, 0.15) is 17.2 Å². The minimum absolute atomic E-state index is 0.0546. The second kappa shape index (κ2) is 9.76. The van der Waals surface area contributed by atoms with E-state index < -0.39 is 39.8 Å². The maximum atomic E-state index is 12.8. The third kappa shape index (κ3) is 6.34. The van der Waals surface area contributed by atoms with Gasteiger partial charge in [0.05, 0.1) is 22.8 Å². The molecular weight excluding hydrogens is 455 g/mol. The third-order valence-electron chi connectivity index (χ3n) is 4.71. The Morgan fingerprint density at radius 3 is 2.16 bits per heavy atom. The lowest BCUT2D eigenvalue weighted by molar-refractivity contribution is -0.274. The molecule has 0 spiro atoms. The first kappa shape index (κ1) is 23.8. The van der Waals surface area contributed by atoms with E-state index in [1.54, 1.807) is 0 Å². The van der Waals surface area contributed by atoms with E-state index in [0.717, 1.165) is 12.1 Å². The lowest BCUT2D eigenvalue weighted by Gasteiger charge is -2.27. The van der Waals surface area contributed by atoms with E-state index in [4.69, 9.17) is 9.47 Å². The summed E-state index contributed by atoms with van der Waals surface area (Å²) in [5.41, 5.74) is 0. The number of hydroxylamine groups is 2. The number of amides is 1. The second-order valence-electron chi connectivity index (χ2n) is 6.98. The minimum atomic E-state index is -4.80. The quantitative estimate of drug-likeness (QED) is 0.336. The predicted octanol–water partition coefficient (Wildman–Crippen LogP) is 3.55. The molecule has 2 aromatic rings. The topological polar surface area (TPSA) is 102 Å². The SMILES string of the molecule is O=CN(O)C(CS(=O)(=O)c1ccc(Oc2ccc(OC(F)(F)F)cc2)cc1)[C@H]1CCCO1. The molecule has 1 aliphatic heterocycles. The van der Waals surface area contributed by atoms with Crippen LogP contribution >= 0.6 is 0 Å². The molecule has 1 fully saturated rings. The number of rotatable bonds is 9. The summed E-state index contributed by atoms with van der Waals surface area (Å²) in [6.45, 7) is 0.420. The van der Waals surface area contributed by atoms with Gasteiger partial charge in [0, 0.05) is 6.61 Å². The van der Waals surface area contributed by atoms with Crippen LogP contribution in [0, 0.1) is 0 Å². The van der Waals surface area contributed by atoms with Crippen molar-refractivity contribution >= 4 is 16.2 Å². The molecule has 8 nitrogen and oxygen atoms in total. The zero-order valence-corrected chi connectivity index (χ0v) is 17.4. The van der Waals surface area contributed by atoms with Gasteiger partial charge in [-0.3, -0.25) is 10.0 Å². The molecule has 0 radical (unpaired) electrons. The molecule has 2 atom stereocenters. The van der Waals surface area contributed by atoms with E-state index >= 15 is 0 Å². The van der Waals surface area contributed by atoms with E-state index in [9.17, 15) is 31.6 Å². The minimum Gasteiger partial charge on any atom is -0.457 e. The highest BCUT2D eigenvalue weighted by Crippen LogP contribution is 2.28. The highest BCUT2D eigenvalue weighted by Gasteiger charge is 2.35. The van der Waals surface area contributed by atoms with Crippen LogP contribution in [0.3, 0.4) is 0 Å². The molecule has 0 aliphatic carbocycles. The summed E-state index contributed by atoms with van der Waals surface area (Å²) in [6.07, 6.45) is -4.03. The number of nitrogens with zero attached hydrogens (tertiary/aromatic N) is 1. The van der Waals surface area contributed by atoms with Crippen LogP contribution in [-0.4, -0.2) is 56.0 Å².